The molecule has 0 radical (unpaired) electrons. The van der Waals surface area contributed by atoms with Crippen LogP contribution in [-0.4, -0.2) is 18.7 Å². The zero-order valence-electron chi connectivity index (χ0n) is 32.5. The first-order chi connectivity index (χ1) is 27.4. The van der Waals surface area contributed by atoms with Gasteiger partial charge in [-0.05, 0) is 107 Å². The molecule has 57 heavy (non-hydrogen) atoms. The Bertz CT molecular complexity index is 3110. The maximum atomic E-state index is 6.63. The van der Waals surface area contributed by atoms with Gasteiger partial charge in [-0.1, -0.05) is 13.8 Å². The molecule has 9 aromatic rings. The van der Waals surface area contributed by atoms with Gasteiger partial charge in [-0.25, -0.2) is 9.97 Å². The Kier molecular flexibility index (Phi) is 8.17. The third kappa shape index (κ3) is 5.39. The number of nitrogens with zero attached hydrogens (tertiary/aromatic N) is 4. The van der Waals surface area contributed by atoms with E-state index in [0.717, 1.165) is 78.7 Å². The van der Waals surface area contributed by atoms with Crippen LogP contribution in [0.3, 0.4) is 0 Å². The van der Waals surface area contributed by atoms with E-state index in [-0.39, 0.29) is 5.60 Å². The lowest BCUT2D eigenvalue weighted by Crippen LogP contribution is -2.27. The summed E-state index contributed by atoms with van der Waals surface area (Å²) < 4.78 is 23.2. The highest BCUT2D eigenvalue weighted by Gasteiger charge is 2.38. The van der Waals surface area contributed by atoms with Gasteiger partial charge in [0.1, 0.15) is 44.8 Å². The van der Waals surface area contributed by atoms with E-state index in [0.29, 0.717) is 0 Å². The molecule has 6 nitrogen and oxygen atoms in total. The number of hydrogen-bond acceptors (Lipinski definition) is 13. The van der Waals surface area contributed by atoms with E-state index < -0.39 is 5.60 Å². The van der Waals surface area contributed by atoms with Gasteiger partial charge >= 0.3 is 0 Å². The van der Waals surface area contributed by atoms with Crippen molar-refractivity contribution in [3.8, 4) is 71.4 Å². The highest BCUT2D eigenvalue weighted by atomic mass is 32.1. The maximum Gasteiger partial charge on any atom is 0.140 e. The van der Waals surface area contributed by atoms with Crippen molar-refractivity contribution in [3.05, 3.63) is 80.8 Å². The van der Waals surface area contributed by atoms with Gasteiger partial charge in [0.25, 0.3) is 0 Å². The van der Waals surface area contributed by atoms with Gasteiger partial charge in [0.2, 0.25) is 0 Å². The van der Waals surface area contributed by atoms with Gasteiger partial charge in [0.05, 0.1) is 42.6 Å². The number of aryl methyl sites for hydroxylation is 4. The third-order valence-corrected chi connectivity index (χ3v) is 18.9. The Morgan fingerprint density at radius 2 is 1.05 bits per heavy atom. The summed E-state index contributed by atoms with van der Waals surface area (Å²) in [5.74, 6) is 1.96. The summed E-state index contributed by atoms with van der Waals surface area (Å²) in [5.41, 5.74) is 11.8. The van der Waals surface area contributed by atoms with Crippen molar-refractivity contribution in [1.29, 1.82) is 0 Å². The minimum absolute atomic E-state index is 0.363. The molecular formula is C44H36N4O2S7. The Labute approximate surface area is 358 Å². The number of benzene rings is 1. The smallest absolute Gasteiger partial charge is 0.140 e. The highest BCUT2D eigenvalue weighted by molar-refractivity contribution is 7.28. The van der Waals surface area contributed by atoms with Crippen LogP contribution < -0.4 is 9.47 Å². The molecule has 0 spiro atoms. The quantitative estimate of drug-likeness (QED) is 0.166. The minimum atomic E-state index is -0.402. The first-order valence-corrected chi connectivity index (χ1v) is 24.7. The number of hydrogen-bond donors (Lipinski definition) is 0. The lowest BCUT2D eigenvalue weighted by atomic mass is 9.95. The van der Waals surface area contributed by atoms with E-state index in [1.165, 1.54) is 73.0 Å². The molecule has 0 saturated carbocycles. The molecule has 11 rings (SSSR count). The molecular weight excluding hydrogens is 841 g/mol. The molecule has 0 fully saturated rings. The van der Waals surface area contributed by atoms with Crippen molar-refractivity contribution in [2.24, 2.45) is 0 Å². The SMILES string of the molecule is CCc1cc(-c2c3nsnc3c(-c3cc(CC)c(-c4cc5c(s4)-c4sccc4OC5(C)C)s3)c3nc(C)c(C)nc23)sc1-c1cc2c(s1)-c1sccc1C(C)(C)O2. The second-order valence-electron chi connectivity index (χ2n) is 15.6. The van der Waals surface area contributed by atoms with Crippen LogP contribution in [0.4, 0.5) is 0 Å². The van der Waals surface area contributed by atoms with Crippen LogP contribution in [0, 0.1) is 13.8 Å². The van der Waals surface area contributed by atoms with Crippen LogP contribution in [0.25, 0.3) is 82.0 Å². The van der Waals surface area contributed by atoms with E-state index in [2.05, 4.69) is 103 Å². The fraction of sp³-hybridized carbons (Fsp3) is 0.273. The first kappa shape index (κ1) is 36.3. The highest BCUT2D eigenvalue weighted by Crippen LogP contribution is 2.57. The zero-order chi connectivity index (χ0) is 39.1. The van der Waals surface area contributed by atoms with Gasteiger partial charge in [-0.3, -0.25) is 0 Å². The van der Waals surface area contributed by atoms with Crippen LogP contribution in [-0.2, 0) is 24.0 Å². The zero-order valence-corrected chi connectivity index (χ0v) is 38.2. The van der Waals surface area contributed by atoms with Crippen molar-refractivity contribution in [2.75, 3.05) is 0 Å². The molecule has 10 heterocycles. The molecule has 1 aromatic carbocycles. The fourth-order valence-electron chi connectivity index (χ4n) is 8.21. The van der Waals surface area contributed by atoms with Crippen molar-refractivity contribution in [3.63, 3.8) is 0 Å². The largest absolute Gasteiger partial charge is 0.482 e. The topological polar surface area (TPSA) is 70.0 Å². The predicted molar refractivity (Wildman–Crippen MR) is 246 cm³/mol. The van der Waals surface area contributed by atoms with Crippen LogP contribution in [0.2, 0.25) is 0 Å². The van der Waals surface area contributed by atoms with Gasteiger partial charge in [-0.2, -0.15) is 8.75 Å². The summed E-state index contributed by atoms with van der Waals surface area (Å²) in [7, 11) is 0. The molecule has 13 heteroatoms. The average Bonchev–Trinajstić information content (AvgIpc) is 4.02. The third-order valence-electron chi connectivity index (χ3n) is 11.2. The molecule has 0 unspecified atom stereocenters. The van der Waals surface area contributed by atoms with Crippen LogP contribution in [0.5, 0.6) is 11.5 Å². The molecule has 0 atom stereocenters. The second-order valence-corrected chi connectivity index (χ2v) is 22.2. The molecule has 0 N–H and O–H groups in total. The van der Waals surface area contributed by atoms with Gasteiger partial charge in [0, 0.05) is 57.6 Å². The lowest BCUT2D eigenvalue weighted by molar-refractivity contribution is 0.107. The predicted octanol–water partition coefficient (Wildman–Crippen LogP) is 15.0. The number of ether oxygens (including phenoxy) is 2. The molecule has 2 aliphatic rings. The standard InChI is InChI=1S/C44H36N4O2S7/c1-9-21-15-27(53-37(21)29-17-24-40(55-29)41-25(12-14-52-41)49-44(24,7)8)31-33-34(46-20(4)19(3)45-33)32(36-35(31)47-57-48-36)28-16-22(10-2)38(54-28)30-18-26-42(56-30)39-23(11-13-51-39)43(5,6)50-26/h11-18H,9-10H2,1-8H3. The number of thiophene rings is 6. The number of aromatic nitrogens is 4. The summed E-state index contributed by atoms with van der Waals surface area (Å²) >= 11 is 12.2. The van der Waals surface area contributed by atoms with E-state index in [9.17, 15) is 0 Å². The average molecular weight is 877 g/mol. The summed E-state index contributed by atoms with van der Waals surface area (Å²) in [5, 5.41) is 4.31. The van der Waals surface area contributed by atoms with E-state index in [1.807, 2.05) is 45.3 Å². The van der Waals surface area contributed by atoms with Gasteiger partial charge in [-0.15, -0.1) is 68.0 Å². The van der Waals surface area contributed by atoms with Crippen LogP contribution >= 0.6 is 79.7 Å². The molecule has 0 bridgehead atoms. The van der Waals surface area contributed by atoms with Crippen LogP contribution in [0.15, 0.2) is 47.2 Å². The van der Waals surface area contributed by atoms with Crippen molar-refractivity contribution in [1.82, 2.24) is 18.7 Å². The molecule has 2 aliphatic heterocycles. The summed E-state index contributed by atoms with van der Waals surface area (Å²) in [4.78, 5) is 23.1. The first-order valence-electron chi connectivity index (χ1n) is 19.0. The van der Waals surface area contributed by atoms with Crippen molar-refractivity contribution in [2.45, 2.75) is 79.4 Å². The Hall–Kier alpha value is -3.82. The number of fused-ring (bicyclic) bond motifs is 8. The van der Waals surface area contributed by atoms with Crippen molar-refractivity contribution < 1.29 is 9.47 Å². The molecule has 286 valence electrons. The van der Waals surface area contributed by atoms with E-state index >= 15 is 0 Å². The van der Waals surface area contributed by atoms with Crippen molar-refractivity contribution >= 4 is 102 Å². The maximum absolute atomic E-state index is 6.63. The molecule has 0 saturated heterocycles. The van der Waals surface area contributed by atoms with E-state index in [1.54, 1.807) is 22.7 Å². The molecule has 8 aromatic heterocycles. The Balaban J connectivity index is 1.09. The normalized spacial score (nSPS) is 15.0. The monoisotopic (exact) mass is 876 g/mol. The minimum Gasteiger partial charge on any atom is -0.482 e. The van der Waals surface area contributed by atoms with Gasteiger partial charge < -0.3 is 9.47 Å². The summed E-state index contributed by atoms with van der Waals surface area (Å²) in [6.07, 6.45) is 1.82. The second kappa shape index (κ2) is 12.8. The Morgan fingerprint density at radius 3 is 1.68 bits per heavy atom. The fourth-order valence-corrected chi connectivity index (χ4v) is 16.2. The molecule has 0 amide bonds. The van der Waals surface area contributed by atoms with Gasteiger partial charge in [0.15, 0.2) is 0 Å². The van der Waals surface area contributed by atoms with E-state index in [4.69, 9.17) is 28.2 Å². The van der Waals surface area contributed by atoms with Crippen LogP contribution in [0.1, 0.15) is 75.2 Å². The lowest BCUT2D eigenvalue weighted by Gasteiger charge is -2.31. The summed E-state index contributed by atoms with van der Waals surface area (Å²) in [6, 6.07) is 13.6. The summed E-state index contributed by atoms with van der Waals surface area (Å²) in [6.45, 7) is 17.3. The Morgan fingerprint density at radius 1 is 0.526 bits per heavy atom. The number of rotatable bonds is 6. The molecule has 0 aliphatic carbocycles.